The van der Waals surface area contributed by atoms with E-state index in [1.807, 2.05) is 56.3 Å². The monoisotopic (exact) mass is 380 g/mol. The van der Waals surface area contributed by atoms with Crippen molar-refractivity contribution in [2.24, 2.45) is 0 Å². The number of methoxy groups -OCH3 is 3. The zero-order chi connectivity index (χ0) is 20.1. The second kappa shape index (κ2) is 8.47. The molecule has 0 atom stereocenters. The number of nitrogens with one attached hydrogen (secondary N) is 2. The highest BCUT2D eigenvalue weighted by Gasteiger charge is 2.09. The van der Waals surface area contributed by atoms with Gasteiger partial charge in [0.2, 0.25) is 5.95 Å². The van der Waals surface area contributed by atoms with Crippen LogP contribution in [-0.4, -0.2) is 31.3 Å². The maximum Gasteiger partial charge on any atom is 0.229 e. The number of aryl methyl sites for hydroxylation is 2. The summed E-state index contributed by atoms with van der Waals surface area (Å²) < 4.78 is 16.0. The van der Waals surface area contributed by atoms with Gasteiger partial charge in [-0.1, -0.05) is 6.07 Å². The van der Waals surface area contributed by atoms with Crippen LogP contribution in [0.4, 0.5) is 23.1 Å². The zero-order valence-electron chi connectivity index (χ0n) is 16.7. The number of rotatable bonds is 7. The highest BCUT2D eigenvalue weighted by Crippen LogP contribution is 2.31. The molecule has 28 heavy (non-hydrogen) atoms. The maximum absolute atomic E-state index is 5.42. The third kappa shape index (κ3) is 4.43. The first-order valence-corrected chi connectivity index (χ1v) is 8.78. The lowest BCUT2D eigenvalue weighted by molar-refractivity contribution is 0.355. The van der Waals surface area contributed by atoms with Crippen LogP contribution in [0, 0.1) is 13.8 Å². The second-order valence-electron chi connectivity index (χ2n) is 6.24. The van der Waals surface area contributed by atoms with E-state index in [0.717, 1.165) is 28.4 Å². The van der Waals surface area contributed by atoms with Crippen molar-refractivity contribution in [3.63, 3.8) is 0 Å². The molecule has 1 heterocycles. The summed E-state index contributed by atoms with van der Waals surface area (Å²) in [6.07, 6.45) is 0. The van der Waals surface area contributed by atoms with Crippen LogP contribution in [0.15, 0.2) is 42.5 Å². The molecule has 146 valence electrons. The fourth-order valence-corrected chi connectivity index (χ4v) is 2.79. The van der Waals surface area contributed by atoms with Gasteiger partial charge in [0.25, 0.3) is 0 Å². The molecule has 0 fully saturated rings. The SMILES string of the molecule is COc1ccc(C)cc1Nc1nc(C)cc(Nc2ccc(OC)c(OC)c2)n1. The Balaban J connectivity index is 1.87. The van der Waals surface area contributed by atoms with Crippen LogP contribution in [0.25, 0.3) is 0 Å². The Kier molecular flexibility index (Phi) is 5.84. The predicted molar refractivity (Wildman–Crippen MR) is 111 cm³/mol. The molecule has 1 aromatic heterocycles. The lowest BCUT2D eigenvalue weighted by atomic mass is 10.2. The topological polar surface area (TPSA) is 77.5 Å². The highest BCUT2D eigenvalue weighted by atomic mass is 16.5. The molecule has 0 saturated heterocycles. The molecule has 2 aromatic carbocycles. The van der Waals surface area contributed by atoms with E-state index in [9.17, 15) is 0 Å². The van der Waals surface area contributed by atoms with E-state index in [0.29, 0.717) is 23.3 Å². The van der Waals surface area contributed by atoms with Crippen molar-refractivity contribution in [1.82, 2.24) is 9.97 Å². The second-order valence-corrected chi connectivity index (χ2v) is 6.24. The smallest absolute Gasteiger partial charge is 0.229 e. The number of nitrogens with zero attached hydrogens (tertiary/aromatic N) is 2. The Morgan fingerprint density at radius 3 is 2.14 bits per heavy atom. The van der Waals surface area contributed by atoms with Crippen molar-refractivity contribution in [3.05, 3.63) is 53.7 Å². The summed E-state index contributed by atoms with van der Waals surface area (Å²) in [6, 6.07) is 13.4. The van der Waals surface area contributed by atoms with Crippen LogP contribution >= 0.6 is 0 Å². The molecule has 3 rings (SSSR count). The largest absolute Gasteiger partial charge is 0.495 e. The summed E-state index contributed by atoms with van der Waals surface area (Å²) in [5.41, 5.74) is 3.58. The minimum Gasteiger partial charge on any atom is -0.495 e. The van der Waals surface area contributed by atoms with Crippen molar-refractivity contribution >= 4 is 23.1 Å². The van der Waals surface area contributed by atoms with E-state index in [4.69, 9.17) is 14.2 Å². The van der Waals surface area contributed by atoms with Gasteiger partial charge in [-0.25, -0.2) is 4.98 Å². The van der Waals surface area contributed by atoms with E-state index in [1.165, 1.54) is 0 Å². The highest BCUT2D eigenvalue weighted by molar-refractivity contribution is 5.66. The van der Waals surface area contributed by atoms with Crippen LogP contribution in [-0.2, 0) is 0 Å². The summed E-state index contributed by atoms with van der Waals surface area (Å²) in [7, 11) is 4.85. The van der Waals surface area contributed by atoms with Gasteiger partial charge in [-0.05, 0) is 43.7 Å². The molecular formula is C21H24N4O3. The molecule has 7 nitrogen and oxygen atoms in total. The van der Waals surface area contributed by atoms with Crippen molar-refractivity contribution < 1.29 is 14.2 Å². The number of anilines is 4. The zero-order valence-corrected chi connectivity index (χ0v) is 16.7. The van der Waals surface area contributed by atoms with Crippen molar-refractivity contribution in [3.8, 4) is 17.2 Å². The van der Waals surface area contributed by atoms with Gasteiger partial charge in [0, 0.05) is 23.5 Å². The van der Waals surface area contributed by atoms with Crippen molar-refractivity contribution in [2.45, 2.75) is 13.8 Å². The van der Waals surface area contributed by atoms with Crippen LogP contribution in [0.1, 0.15) is 11.3 Å². The van der Waals surface area contributed by atoms with Crippen LogP contribution in [0.3, 0.4) is 0 Å². The van der Waals surface area contributed by atoms with E-state index >= 15 is 0 Å². The fraction of sp³-hybridized carbons (Fsp3) is 0.238. The summed E-state index contributed by atoms with van der Waals surface area (Å²) in [6.45, 7) is 3.94. The molecular weight excluding hydrogens is 356 g/mol. The Bertz CT molecular complexity index is 976. The first-order chi connectivity index (χ1) is 13.5. The van der Waals surface area contributed by atoms with E-state index < -0.39 is 0 Å². The average Bonchev–Trinajstić information content (AvgIpc) is 2.67. The fourth-order valence-electron chi connectivity index (χ4n) is 2.79. The minimum atomic E-state index is 0.479. The van der Waals surface area contributed by atoms with Crippen molar-refractivity contribution in [1.29, 1.82) is 0 Å². The van der Waals surface area contributed by atoms with Crippen LogP contribution in [0.5, 0.6) is 17.2 Å². The first kappa shape index (κ1) is 19.3. The molecule has 0 aliphatic rings. The van der Waals surface area contributed by atoms with E-state index in [1.54, 1.807) is 21.3 Å². The number of hydrogen-bond donors (Lipinski definition) is 2. The maximum atomic E-state index is 5.42. The average molecular weight is 380 g/mol. The standard InChI is InChI=1S/C21H24N4O3/c1-13-6-8-17(26-3)16(10-13)24-21-22-14(2)11-20(25-21)23-15-7-9-18(27-4)19(12-15)28-5/h6-12H,1-5H3,(H2,22,23,24,25). The molecule has 0 amide bonds. The normalized spacial score (nSPS) is 10.3. The number of hydrogen-bond acceptors (Lipinski definition) is 7. The minimum absolute atomic E-state index is 0.479. The van der Waals surface area contributed by atoms with Gasteiger partial charge in [0.15, 0.2) is 11.5 Å². The van der Waals surface area contributed by atoms with Gasteiger partial charge in [0.05, 0.1) is 27.0 Å². The van der Waals surface area contributed by atoms with Gasteiger partial charge < -0.3 is 24.8 Å². The lowest BCUT2D eigenvalue weighted by Gasteiger charge is -2.14. The third-order valence-electron chi connectivity index (χ3n) is 4.11. The van der Waals surface area contributed by atoms with E-state index in [2.05, 4.69) is 20.6 Å². The first-order valence-electron chi connectivity index (χ1n) is 8.78. The van der Waals surface area contributed by atoms with Crippen LogP contribution < -0.4 is 24.8 Å². The number of ether oxygens (including phenoxy) is 3. The Hall–Kier alpha value is -3.48. The summed E-state index contributed by atoms with van der Waals surface area (Å²) in [5, 5.41) is 6.52. The molecule has 0 bridgehead atoms. The number of benzene rings is 2. The molecule has 2 N–H and O–H groups in total. The third-order valence-corrected chi connectivity index (χ3v) is 4.11. The summed E-state index contributed by atoms with van der Waals surface area (Å²) in [4.78, 5) is 9.04. The van der Waals surface area contributed by atoms with Gasteiger partial charge in [-0.15, -0.1) is 0 Å². The van der Waals surface area contributed by atoms with Gasteiger partial charge in [0.1, 0.15) is 11.6 Å². The van der Waals surface area contributed by atoms with Gasteiger partial charge >= 0.3 is 0 Å². The van der Waals surface area contributed by atoms with Crippen LogP contribution in [0.2, 0.25) is 0 Å². The number of aromatic nitrogens is 2. The van der Waals surface area contributed by atoms with Gasteiger partial charge in [-0.2, -0.15) is 4.98 Å². The summed E-state index contributed by atoms with van der Waals surface area (Å²) >= 11 is 0. The molecule has 0 radical (unpaired) electrons. The van der Waals surface area contributed by atoms with Crippen molar-refractivity contribution in [2.75, 3.05) is 32.0 Å². The molecule has 0 spiro atoms. The Morgan fingerprint density at radius 2 is 1.43 bits per heavy atom. The van der Waals surface area contributed by atoms with Gasteiger partial charge in [-0.3, -0.25) is 0 Å². The molecule has 0 saturated carbocycles. The van der Waals surface area contributed by atoms with E-state index in [-0.39, 0.29) is 0 Å². The molecule has 7 heteroatoms. The molecule has 0 unspecified atom stereocenters. The molecule has 0 aliphatic heterocycles. The molecule has 0 aliphatic carbocycles. The quantitative estimate of drug-likeness (QED) is 0.620. The predicted octanol–water partition coefficient (Wildman–Crippen LogP) is 4.61. The summed E-state index contributed by atoms with van der Waals surface area (Å²) in [5.74, 6) is 3.17. The Labute approximate surface area is 164 Å². The lowest BCUT2D eigenvalue weighted by Crippen LogP contribution is -2.04. The Morgan fingerprint density at radius 1 is 0.714 bits per heavy atom. The molecule has 3 aromatic rings.